The van der Waals surface area contributed by atoms with Gasteiger partial charge in [0, 0.05) is 16.7 Å². The van der Waals surface area contributed by atoms with Gasteiger partial charge >= 0.3 is 12.4 Å². The minimum absolute atomic E-state index is 0.0506. The quantitative estimate of drug-likeness (QED) is 0.220. The molecule has 4 nitrogen and oxygen atoms in total. The lowest BCUT2D eigenvalue weighted by atomic mass is 10.1. The largest absolute Gasteiger partial charge is 0.416 e. The molecule has 0 N–H and O–H groups in total. The van der Waals surface area contributed by atoms with Crippen molar-refractivity contribution in [3.05, 3.63) is 85.0 Å². The molecule has 0 spiro atoms. The maximum Gasteiger partial charge on any atom is 0.416 e. The van der Waals surface area contributed by atoms with Crippen LogP contribution in [0.4, 0.5) is 26.3 Å². The van der Waals surface area contributed by atoms with Gasteiger partial charge in [-0.2, -0.15) is 26.3 Å². The number of benzene rings is 2. The molecule has 2 aromatic carbocycles. The van der Waals surface area contributed by atoms with Crippen LogP contribution in [0.3, 0.4) is 0 Å². The van der Waals surface area contributed by atoms with E-state index in [2.05, 4.69) is 0 Å². The standard InChI is InChI=1S/C9H5ClF3NO2.C8H4ClF3O/c10-8-5-7(9(11,12)13)2-1-6(8)3-4-14(15)16;9-7-3-6(8(10,11)12)2-1-5(7)4-13/h1-5H;1-4H/b4-3+;. The van der Waals surface area contributed by atoms with Crippen molar-refractivity contribution in [3.8, 4) is 0 Å². The molecule has 0 heterocycles. The lowest BCUT2D eigenvalue weighted by Crippen LogP contribution is -2.04. The Labute approximate surface area is 169 Å². The molecule has 0 radical (unpaired) electrons. The summed E-state index contributed by atoms with van der Waals surface area (Å²) in [7, 11) is 0. The van der Waals surface area contributed by atoms with Crippen LogP contribution in [0.15, 0.2) is 42.6 Å². The molecule has 0 amide bonds. The first-order chi connectivity index (χ1) is 13.3. The number of alkyl halides is 6. The van der Waals surface area contributed by atoms with Crippen molar-refractivity contribution in [2.75, 3.05) is 0 Å². The van der Waals surface area contributed by atoms with E-state index in [1.165, 1.54) is 0 Å². The maximum atomic E-state index is 12.2. The first-order valence-electron chi connectivity index (χ1n) is 7.26. The fourth-order valence-corrected chi connectivity index (χ4v) is 2.25. The van der Waals surface area contributed by atoms with E-state index in [1.54, 1.807) is 0 Å². The average molecular weight is 460 g/mol. The summed E-state index contributed by atoms with van der Waals surface area (Å²) < 4.78 is 72.9. The van der Waals surface area contributed by atoms with Crippen molar-refractivity contribution in [3.63, 3.8) is 0 Å². The third kappa shape index (κ3) is 7.74. The second-order valence-electron chi connectivity index (χ2n) is 5.19. The highest BCUT2D eigenvalue weighted by atomic mass is 35.5. The van der Waals surface area contributed by atoms with E-state index in [1.807, 2.05) is 0 Å². The molecule has 0 unspecified atom stereocenters. The van der Waals surface area contributed by atoms with Gasteiger partial charge in [-0.05, 0) is 35.9 Å². The van der Waals surface area contributed by atoms with Crippen LogP contribution < -0.4 is 0 Å². The van der Waals surface area contributed by atoms with Crippen molar-refractivity contribution < 1.29 is 36.1 Å². The Morgan fingerprint density at radius 3 is 1.55 bits per heavy atom. The van der Waals surface area contributed by atoms with Crippen LogP contribution in [0.25, 0.3) is 6.08 Å². The van der Waals surface area contributed by atoms with E-state index >= 15 is 0 Å². The molecular weight excluding hydrogens is 451 g/mol. The number of rotatable bonds is 3. The number of carbonyl (C=O) groups is 1. The summed E-state index contributed by atoms with van der Waals surface area (Å²) in [6.07, 6.45) is -6.86. The monoisotopic (exact) mass is 459 g/mol. The minimum atomic E-state index is -4.48. The summed E-state index contributed by atoms with van der Waals surface area (Å²) in [5.41, 5.74) is -1.54. The fourth-order valence-electron chi connectivity index (χ4n) is 1.78. The number of nitrogens with zero attached hydrogens (tertiary/aromatic N) is 1. The zero-order valence-corrected chi connectivity index (χ0v) is 15.4. The van der Waals surface area contributed by atoms with Crippen LogP contribution in [-0.4, -0.2) is 11.2 Å². The highest BCUT2D eigenvalue weighted by Crippen LogP contribution is 2.33. The summed E-state index contributed by atoms with van der Waals surface area (Å²) in [6, 6.07) is 5.19. The summed E-state index contributed by atoms with van der Waals surface area (Å²) in [6.45, 7) is 0. The number of hydrogen-bond donors (Lipinski definition) is 0. The van der Waals surface area contributed by atoms with E-state index < -0.39 is 28.4 Å². The molecule has 2 rings (SSSR count). The van der Waals surface area contributed by atoms with Gasteiger partial charge in [-0.1, -0.05) is 29.3 Å². The molecule has 0 aromatic heterocycles. The molecule has 0 aliphatic carbocycles. The lowest BCUT2D eigenvalue weighted by Gasteiger charge is -2.07. The third-order valence-corrected chi connectivity index (χ3v) is 3.81. The van der Waals surface area contributed by atoms with Gasteiger partial charge in [-0.3, -0.25) is 14.9 Å². The summed E-state index contributed by atoms with van der Waals surface area (Å²) in [5.74, 6) is 0. The van der Waals surface area contributed by atoms with Gasteiger partial charge in [0.1, 0.15) is 0 Å². The number of halogens is 8. The Kier molecular flexibility index (Phi) is 8.22. The Bertz CT molecular complexity index is 926. The second kappa shape index (κ2) is 9.75. The van der Waals surface area contributed by atoms with Crippen molar-refractivity contribution in [1.29, 1.82) is 0 Å². The van der Waals surface area contributed by atoms with Crippen molar-refractivity contribution in [1.82, 2.24) is 0 Å². The molecule has 156 valence electrons. The van der Waals surface area contributed by atoms with Crippen LogP contribution in [0, 0.1) is 10.1 Å². The first-order valence-corrected chi connectivity index (χ1v) is 8.01. The predicted octanol–water partition coefficient (Wildman–Crippen LogP) is 6.78. The molecule has 2 aromatic rings. The van der Waals surface area contributed by atoms with Crippen LogP contribution in [0.1, 0.15) is 27.0 Å². The lowest BCUT2D eigenvalue weighted by molar-refractivity contribution is -0.400. The second-order valence-corrected chi connectivity index (χ2v) is 6.00. The molecule has 12 heteroatoms. The van der Waals surface area contributed by atoms with Crippen LogP contribution in [-0.2, 0) is 12.4 Å². The molecule has 0 aliphatic heterocycles. The van der Waals surface area contributed by atoms with Gasteiger partial charge in [-0.15, -0.1) is 0 Å². The molecule has 0 atom stereocenters. The maximum absolute atomic E-state index is 12.2. The highest BCUT2D eigenvalue weighted by Gasteiger charge is 2.31. The van der Waals surface area contributed by atoms with Gasteiger partial charge in [0.2, 0.25) is 6.20 Å². The molecule has 0 saturated heterocycles. The van der Waals surface area contributed by atoms with Gasteiger partial charge < -0.3 is 0 Å². The number of aldehydes is 1. The molecule has 0 fully saturated rings. The normalized spacial score (nSPS) is 11.7. The van der Waals surface area contributed by atoms with Crippen LogP contribution in [0.5, 0.6) is 0 Å². The van der Waals surface area contributed by atoms with E-state index in [0.717, 1.165) is 42.5 Å². The van der Waals surface area contributed by atoms with E-state index in [4.69, 9.17) is 23.2 Å². The predicted molar refractivity (Wildman–Crippen MR) is 94.3 cm³/mol. The Morgan fingerprint density at radius 1 is 0.828 bits per heavy atom. The van der Waals surface area contributed by atoms with Crippen LogP contribution in [0.2, 0.25) is 10.0 Å². The molecule has 0 bridgehead atoms. The van der Waals surface area contributed by atoms with Gasteiger partial charge in [0.05, 0.1) is 21.1 Å². The average Bonchev–Trinajstić information content (AvgIpc) is 2.59. The summed E-state index contributed by atoms with van der Waals surface area (Å²) in [5, 5.41) is 9.63. The van der Waals surface area contributed by atoms with Crippen LogP contribution >= 0.6 is 23.2 Å². The topological polar surface area (TPSA) is 60.2 Å². The Morgan fingerprint density at radius 2 is 1.24 bits per heavy atom. The Balaban J connectivity index is 0.000000296. The fraction of sp³-hybridized carbons (Fsp3) is 0.118. The van der Waals surface area contributed by atoms with Gasteiger partial charge in [0.25, 0.3) is 0 Å². The van der Waals surface area contributed by atoms with Crippen molar-refractivity contribution in [2.45, 2.75) is 12.4 Å². The highest BCUT2D eigenvalue weighted by molar-refractivity contribution is 6.33. The van der Waals surface area contributed by atoms with Crippen molar-refractivity contribution >= 4 is 35.6 Å². The van der Waals surface area contributed by atoms with E-state index in [-0.39, 0.29) is 21.2 Å². The molecule has 0 saturated carbocycles. The Hall–Kier alpha value is -2.59. The number of nitro groups is 1. The number of hydrogen-bond acceptors (Lipinski definition) is 3. The minimum Gasteiger partial charge on any atom is -0.298 e. The molecule has 0 aliphatic rings. The molecular formula is C17H9Cl2F6NO3. The van der Waals surface area contributed by atoms with Crippen molar-refractivity contribution in [2.24, 2.45) is 0 Å². The van der Waals surface area contributed by atoms with E-state index in [0.29, 0.717) is 12.5 Å². The van der Waals surface area contributed by atoms with E-state index in [9.17, 15) is 41.3 Å². The molecule has 29 heavy (non-hydrogen) atoms. The summed E-state index contributed by atoms with van der Waals surface area (Å²) in [4.78, 5) is 19.5. The first kappa shape index (κ1) is 24.4. The summed E-state index contributed by atoms with van der Waals surface area (Å²) >= 11 is 10.9. The third-order valence-electron chi connectivity index (χ3n) is 3.16. The smallest absolute Gasteiger partial charge is 0.298 e. The zero-order chi connectivity index (χ0) is 22.4. The number of carbonyl (C=O) groups excluding carboxylic acids is 1. The zero-order valence-electron chi connectivity index (χ0n) is 13.9. The van der Waals surface area contributed by atoms with Gasteiger partial charge in [0.15, 0.2) is 6.29 Å². The SMILES string of the molecule is O=Cc1ccc(C(F)(F)F)cc1Cl.O=[N+]([O-])/C=C/c1ccc(C(F)(F)F)cc1Cl. The van der Waals surface area contributed by atoms with Gasteiger partial charge in [-0.25, -0.2) is 0 Å².